The lowest BCUT2D eigenvalue weighted by Crippen LogP contribution is -2.22. The predicted octanol–water partition coefficient (Wildman–Crippen LogP) is 0.599. The molecule has 0 spiro atoms. The highest BCUT2D eigenvalue weighted by atomic mass is 32.2. The molecule has 2 rings (SSSR count). The lowest BCUT2D eigenvalue weighted by Gasteiger charge is -2.18. The van der Waals surface area contributed by atoms with Crippen molar-refractivity contribution in [2.45, 2.75) is 43.9 Å². The summed E-state index contributed by atoms with van der Waals surface area (Å²) in [6, 6.07) is -0.0663. The van der Waals surface area contributed by atoms with Crippen molar-refractivity contribution in [1.82, 2.24) is 10.1 Å². The fraction of sp³-hybridized carbons (Fsp3) is 0.800. The Morgan fingerprint density at radius 3 is 2.94 bits per heavy atom. The third-order valence-electron chi connectivity index (χ3n) is 2.84. The minimum atomic E-state index is -3.12. The average Bonchev–Trinajstić information content (AvgIpc) is 2.64. The van der Waals surface area contributed by atoms with E-state index in [-0.39, 0.29) is 17.7 Å². The summed E-state index contributed by atoms with van der Waals surface area (Å²) in [5, 5.41) is 3.15. The molecule has 96 valence electrons. The zero-order valence-corrected chi connectivity index (χ0v) is 10.6. The van der Waals surface area contributed by atoms with E-state index < -0.39 is 15.1 Å². The molecule has 0 bridgehead atoms. The highest BCUT2D eigenvalue weighted by Gasteiger charge is 2.34. The molecule has 1 aliphatic heterocycles. The molecule has 2 N–H and O–H groups in total. The summed E-state index contributed by atoms with van der Waals surface area (Å²) < 4.78 is 28.8. The Labute approximate surface area is 100 Å². The fourth-order valence-corrected chi connectivity index (χ4v) is 3.82. The van der Waals surface area contributed by atoms with Gasteiger partial charge in [-0.05, 0) is 19.8 Å². The van der Waals surface area contributed by atoms with Gasteiger partial charge in [-0.25, -0.2) is 8.42 Å². The summed E-state index contributed by atoms with van der Waals surface area (Å²) in [5.74, 6) is 0.916. The summed E-state index contributed by atoms with van der Waals surface area (Å²) in [6.45, 7) is 1.84. The number of hydrogen-bond donors (Lipinski definition) is 1. The Bertz CT molecular complexity index is 481. The molecule has 1 aromatic heterocycles. The first-order valence-electron chi connectivity index (χ1n) is 5.78. The molecule has 1 aromatic rings. The van der Waals surface area contributed by atoms with Crippen LogP contribution in [-0.4, -0.2) is 30.4 Å². The molecule has 0 amide bonds. The molecule has 0 aliphatic carbocycles. The Kier molecular flexibility index (Phi) is 3.48. The van der Waals surface area contributed by atoms with Crippen molar-refractivity contribution in [1.29, 1.82) is 0 Å². The van der Waals surface area contributed by atoms with Crippen LogP contribution in [0.3, 0.4) is 0 Å². The van der Waals surface area contributed by atoms with Crippen molar-refractivity contribution in [3.8, 4) is 0 Å². The molecule has 1 fully saturated rings. The molecule has 0 radical (unpaired) electrons. The topological polar surface area (TPSA) is 99.1 Å². The molecule has 2 atom stereocenters. The maximum atomic E-state index is 11.9. The molecule has 1 saturated heterocycles. The summed E-state index contributed by atoms with van der Waals surface area (Å²) in [7, 11) is -3.12. The van der Waals surface area contributed by atoms with Crippen LogP contribution in [0.25, 0.3) is 0 Å². The minimum absolute atomic E-state index is 0.0663. The summed E-state index contributed by atoms with van der Waals surface area (Å²) in [6.07, 6.45) is 2.67. The van der Waals surface area contributed by atoms with Crippen LogP contribution in [0.1, 0.15) is 43.2 Å². The lowest BCUT2D eigenvalue weighted by molar-refractivity contribution is 0.358. The Hall–Kier alpha value is -0.950. The van der Waals surface area contributed by atoms with Crippen LogP contribution in [0.5, 0.6) is 0 Å². The SMILES string of the molecule is CC(N)Cc1noc(C2CCCCS2(=O)=O)n1. The number of nitrogens with two attached hydrogens (primary N) is 1. The number of rotatable bonds is 3. The standard InChI is InChI=1S/C10H17N3O3S/c1-7(11)6-9-12-10(16-13-9)8-4-2-3-5-17(8,14)15/h7-8H,2-6,11H2,1H3. The average molecular weight is 259 g/mol. The molecule has 2 heterocycles. The highest BCUT2D eigenvalue weighted by Crippen LogP contribution is 2.32. The van der Waals surface area contributed by atoms with Gasteiger partial charge >= 0.3 is 0 Å². The van der Waals surface area contributed by atoms with E-state index >= 15 is 0 Å². The second-order valence-corrected chi connectivity index (χ2v) is 6.88. The molecule has 17 heavy (non-hydrogen) atoms. The normalized spacial score (nSPS) is 25.6. The zero-order chi connectivity index (χ0) is 12.5. The van der Waals surface area contributed by atoms with Crippen molar-refractivity contribution in [3.05, 3.63) is 11.7 Å². The Morgan fingerprint density at radius 2 is 2.29 bits per heavy atom. The van der Waals surface area contributed by atoms with E-state index in [1.165, 1.54) is 0 Å². The van der Waals surface area contributed by atoms with Gasteiger partial charge in [0, 0.05) is 12.5 Å². The van der Waals surface area contributed by atoms with Gasteiger partial charge in [0.05, 0.1) is 5.75 Å². The van der Waals surface area contributed by atoms with Crippen LogP contribution in [0.4, 0.5) is 0 Å². The van der Waals surface area contributed by atoms with E-state index in [1.54, 1.807) is 0 Å². The van der Waals surface area contributed by atoms with E-state index in [4.69, 9.17) is 10.3 Å². The van der Waals surface area contributed by atoms with Gasteiger partial charge in [0.15, 0.2) is 15.7 Å². The van der Waals surface area contributed by atoms with Gasteiger partial charge in [0.25, 0.3) is 0 Å². The maximum Gasteiger partial charge on any atom is 0.244 e. The molecule has 2 unspecified atom stereocenters. The first-order valence-corrected chi connectivity index (χ1v) is 7.50. The van der Waals surface area contributed by atoms with Crippen LogP contribution in [0.2, 0.25) is 0 Å². The lowest BCUT2D eigenvalue weighted by atomic mass is 10.2. The van der Waals surface area contributed by atoms with Crippen molar-refractivity contribution in [2.75, 3.05) is 5.75 Å². The minimum Gasteiger partial charge on any atom is -0.338 e. The second-order valence-electron chi connectivity index (χ2n) is 4.58. The zero-order valence-electron chi connectivity index (χ0n) is 9.80. The van der Waals surface area contributed by atoms with Gasteiger partial charge in [0.1, 0.15) is 5.25 Å². The van der Waals surface area contributed by atoms with Crippen LogP contribution in [0, 0.1) is 0 Å². The third kappa shape index (κ3) is 2.84. The van der Waals surface area contributed by atoms with Crippen molar-refractivity contribution >= 4 is 9.84 Å². The second kappa shape index (κ2) is 4.73. The highest BCUT2D eigenvalue weighted by molar-refractivity contribution is 7.91. The largest absolute Gasteiger partial charge is 0.338 e. The van der Waals surface area contributed by atoms with Crippen LogP contribution < -0.4 is 5.73 Å². The van der Waals surface area contributed by atoms with Gasteiger partial charge in [-0.1, -0.05) is 11.6 Å². The Morgan fingerprint density at radius 1 is 1.53 bits per heavy atom. The third-order valence-corrected chi connectivity index (χ3v) is 5.00. The summed E-state index contributed by atoms with van der Waals surface area (Å²) in [5.41, 5.74) is 5.63. The molecule has 7 heteroatoms. The molecule has 1 aliphatic rings. The van der Waals surface area contributed by atoms with Gasteiger partial charge in [0.2, 0.25) is 5.89 Å². The van der Waals surface area contributed by atoms with Crippen LogP contribution in [-0.2, 0) is 16.3 Å². The van der Waals surface area contributed by atoms with Gasteiger partial charge in [-0.2, -0.15) is 4.98 Å². The number of aromatic nitrogens is 2. The predicted molar refractivity (Wildman–Crippen MR) is 62.0 cm³/mol. The van der Waals surface area contributed by atoms with E-state index in [1.807, 2.05) is 6.92 Å². The van der Waals surface area contributed by atoms with E-state index in [2.05, 4.69) is 10.1 Å². The van der Waals surface area contributed by atoms with Gasteiger partial charge < -0.3 is 10.3 Å². The molecular formula is C10H17N3O3S. The number of sulfone groups is 1. The smallest absolute Gasteiger partial charge is 0.244 e. The van der Waals surface area contributed by atoms with E-state index in [0.717, 1.165) is 12.8 Å². The molecular weight excluding hydrogens is 242 g/mol. The molecule has 0 saturated carbocycles. The molecule has 6 nitrogen and oxygen atoms in total. The summed E-state index contributed by atoms with van der Waals surface area (Å²) in [4.78, 5) is 4.13. The first-order chi connectivity index (χ1) is 7.99. The monoisotopic (exact) mass is 259 g/mol. The molecule has 0 aromatic carbocycles. The fourth-order valence-electron chi connectivity index (χ4n) is 2.00. The number of nitrogens with zero attached hydrogens (tertiary/aromatic N) is 2. The maximum absolute atomic E-state index is 11.9. The van der Waals surface area contributed by atoms with Crippen molar-refractivity contribution in [2.24, 2.45) is 5.73 Å². The van der Waals surface area contributed by atoms with Crippen molar-refractivity contribution < 1.29 is 12.9 Å². The Balaban J connectivity index is 2.19. The van der Waals surface area contributed by atoms with Crippen LogP contribution in [0.15, 0.2) is 4.52 Å². The van der Waals surface area contributed by atoms with Gasteiger partial charge in [-0.15, -0.1) is 0 Å². The van der Waals surface area contributed by atoms with Crippen molar-refractivity contribution in [3.63, 3.8) is 0 Å². The van der Waals surface area contributed by atoms with Gasteiger partial charge in [-0.3, -0.25) is 0 Å². The first kappa shape index (κ1) is 12.5. The van der Waals surface area contributed by atoms with E-state index in [0.29, 0.717) is 18.7 Å². The quantitative estimate of drug-likeness (QED) is 0.853. The summed E-state index contributed by atoms with van der Waals surface area (Å²) >= 11 is 0. The van der Waals surface area contributed by atoms with Crippen LogP contribution >= 0.6 is 0 Å². The van der Waals surface area contributed by atoms with E-state index in [9.17, 15) is 8.42 Å². The number of hydrogen-bond acceptors (Lipinski definition) is 6.